The standard InChI is InChI=1S/C17H17NO/c1-14-8-11-16(12-9-14)18(2)17(19)13-10-15-6-4-3-5-7-15/h3-13H,1-2H3/b13-10+. The van der Waals surface area contributed by atoms with Gasteiger partial charge >= 0.3 is 0 Å². The summed E-state index contributed by atoms with van der Waals surface area (Å²) in [7, 11) is 1.78. The molecule has 96 valence electrons. The zero-order valence-electron chi connectivity index (χ0n) is 11.2. The minimum absolute atomic E-state index is 0.0345. The molecule has 0 bridgehead atoms. The summed E-state index contributed by atoms with van der Waals surface area (Å²) in [5.41, 5.74) is 3.10. The van der Waals surface area contributed by atoms with Gasteiger partial charge in [-0.15, -0.1) is 0 Å². The fraction of sp³-hybridized carbons (Fsp3) is 0.118. The molecule has 2 aromatic carbocycles. The third-order valence-corrected chi connectivity index (χ3v) is 2.97. The quantitative estimate of drug-likeness (QED) is 0.762. The monoisotopic (exact) mass is 251 g/mol. The third kappa shape index (κ3) is 3.55. The van der Waals surface area contributed by atoms with Crippen LogP contribution in [0.5, 0.6) is 0 Å². The number of hydrogen-bond acceptors (Lipinski definition) is 1. The fourth-order valence-corrected chi connectivity index (χ4v) is 1.74. The lowest BCUT2D eigenvalue weighted by Gasteiger charge is -2.15. The predicted molar refractivity (Wildman–Crippen MR) is 80.1 cm³/mol. The Kier molecular flexibility index (Phi) is 4.14. The highest BCUT2D eigenvalue weighted by atomic mass is 16.2. The maximum absolute atomic E-state index is 12.0. The van der Waals surface area contributed by atoms with Gasteiger partial charge in [0.2, 0.25) is 0 Å². The average molecular weight is 251 g/mol. The van der Waals surface area contributed by atoms with Crippen LogP contribution < -0.4 is 4.90 Å². The highest BCUT2D eigenvalue weighted by Crippen LogP contribution is 2.14. The van der Waals surface area contributed by atoms with E-state index in [1.54, 1.807) is 18.0 Å². The van der Waals surface area contributed by atoms with Gasteiger partial charge < -0.3 is 4.90 Å². The van der Waals surface area contributed by atoms with Crippen molar-refractivity contribution in [3.05, 3.63) is 71.8 Å². The van der Waals surface area contributed by atoms with E-state index in [9.17, 15) is 4.79 Å². The average Bonchev–Trinajstić information content (AvgIpc) is 2.46. The number of aryl methyl sites for hydroxylation is 1. The Morgan fingerprint density at radius 3 is 2.26 bits per heavy atom. The van der Waals surface area contributed by atoms with Crippen LogP contribution in [0, 0.1) is 6.92 Å². The van der Waals surface area contributed by atoms with E-state index in [1.807, 2.05) is 67.6 Å². The van der Waals surface area contributed by atoms with Crippen LogP contribution in [0.1, 0.15) is 11.1 Å². The highest BCUT2D eigenvalue weighted by Gasteiger charge is 2.06. The van der Waals surface area contributed by atoms with E-state index in [1.165, 1.54) is 5.56 Å². The number of likely N-dealkylation sites (N-methyl/N-ethyl adjacent to an activating group) is 1. The first-order valence-corrected chi connectivity index (χ1v) is 6.24. The number of carbonyl (C=O) groups excluding carboxylic acids is 1. The normalized spacial score (nSPS) is 10.6. The van der Waals surface area contributed by atoms with E-state index in [0.29, 0.717) is 0 Å². The summed E-state index contributed by atoms with van der Waals surface area (Å²) in [4.78, 5) is 13.7. The van der Waals surface area contributed by atoms with E-state index >= 15 is 0 Å². The van der Waals surface area contributed by atoms with Crippen molar-refractivity contribution in [1.29, 1.82) is 0 Å². The second-order valence-electron chi connectivity index (χ2n) is 4.48. The van der Waals surface area contributed by atoms with E-state index in [4.69, 9.17) is 0 Å². The van der Waals surface area contributed by atoms with Crippen molar-refractivity contribution in [3.8, 4) is 0 Å². The van der Waals surface area contributed by atoms with Crippen LogP contribution in [0.25, 0.3) is 6.08 Å². The smallest absolute Gasteiger partial charge is 0.250 e. The summed E-state index contributed by atoms with van der Waals surface area (Å²) in [6, 6.07) is 17.7. The molecule has 0 radical (unpaired) electrons. The second-order valence-corrected chi connectivity index (χ2v) is 4.48. The second kappa shape index (κ2) is 6.01. The maximum atomic E-state index is 12.0. The fourth-order valence-electron chi connectivity index (χ4n) is 1.74. The molecule has 0 saturated heterocycles. The summed E-state index contributed by atoms with van der Waals surface area (Å²) >= 11 is 0. The van der Waals surface area contributed by atoms with E-state index < -0.39 is 0 Å². The van der Waals surface area contributed by atoms with Crippen LogP contribution >= 0.6 is 0 Å². The van der Waals surface area contributed by atoms with Crippen molar-refractivity contribution in [2.24, 2.45) is 0 Å². The Hall–Kier alpha value is -2.35. The summed E-state index contributed by atoms with van der Waals surface area (Å²) in [5.74, 6) is -0.0345. The van der Waals surface area contributed by atoms with Gasteiger partial charge in [0.1, 0.15) is 0 Å². The molecular weight excluding hydrogens is 234 g/mol. The number of rotatable bonds is 3. The molecule has 0 heterocycles. The Bertz CT molecular complexity index is 570. The van der Waals surface area contributed by atoms with Gasteiger partial charge in [-0.05, 0) is 30.7 Å². The molecule has 0 atom stereocenters. The van der Waals surface area contributed by atoms with Crippen molar-refractivity contribution >= 4 is 17.7 Å². The summed E-state index contributed by atoms with van der Waals surface area (Å²) < 4.78 is 0. The van der Waals surface area contributed by atoms with Crippen molar-refractivity contribution in [2.75, 3.05) is 11.9 Å². The Balaban J connectivity index is 2.07. The first-order valence-electron chi connectivity index (χ1n) is 6.24. The molecule has 0 aliphatic heterocycles. The van der Waals surface area contributed by atoms with Crippen LogP contribution in [0.4, 0.5) is 5.69 Å². The van der Waals surface area contributed by atoms with Gasteiger partial charge in [-0.3, -0.25) is 4.79 Å². The van der Waals surface area contributed by atoms with Crippen molar-refractivity contribution in [2.45, 2.75) is 6.92 Å². The first kappa shape index (κ1) is 13.1. The molecular formula is C17H17NO. The van der Waals surface area contributed by atoms with Gasteiger partial charge in [0.15, 0.2) is 0 Å². The van der Waals surface area contributed by atoms with Gasteiger partial charge in [-0.25, -0.2) is 0 Å². The molecule has 0 spiro atoms. The van der Waals surface area contributed by atoms with E-state index in [-0.39, 0.29) is 5.91 Å². The molecule has 1 amide bonds. The zero-order valence-corrected chi connectivity index (χ0v) is 11.2. The Morgan fingerprint density at radius 1 is 1.00 bits per heavy atom. The molecule has 0 unspecified atom stereocenters. The van der Waals surface area contributed by atoms with Gasteiger partial charge in [-0.2, -0.15) is 0 Å². The largest absolute Gasteiger partial charge is 0.312 e. The van der Waals surface area contributed by atoms with Crippen LogP contribution in [-0.4, -0.2) is 13.0 Å². The molecule has 0 fully saturated rings. The van der Waals surface area contributed by atoms with Crippen LogP contribution in [-0.2, 0) is 4.79 Å². The molecule has 2 rings (SSSR count). The number of carbonyl (C=O) groups is 1. The van der Waals surface area contributed by atoms with Gasteiger partial charge in [0.05, 0.1) is 0 Å². The van der Waals surface area contributed by atoms with E-state index in [2.05, 4.69) is 0 Å². The highest BCUT2D eigenvalue weighted by molar-refractivity contribution is 6.03. The van der Waals surface area contributed by atoms with Gasteiger partial charge in [0, 0.05) is 18.8 Å². The van der Waals surface area contributed by atoms with Gasteiger partial charge in [-0.1, -0.05) is 48.0 Å². The molecule has 2 aromatic rings. The lowest BCUT2D eigenvalue weighted by Crippen LogP contribution is -2.23. The predicted octanol–water partition coefficient (Wildman–Crippen LogP) is 3.67. The van der Waals surface area contributed by atoms with Crippen molar-refractivity contribution < 1.29 is 4.79 Å². The third-order valence-electron chi connectivity index (χ3n) is 2.97. The minimum atomic E-state index is -0.0345. The maximum Gasteiger partial charge on any atom is 0.250 e. The number of benzene rings is 2. The van der Waals surface area contributed by atoms with Crippen molar-refractivity contribution in [1.82, 2.24) is 0 Å². The lowest BCUT2D eigenvalue weighted by atomic mass is 10.2. The Morgan fingerprint density at radius 2 is 1.63 bits per heavy atom. The number of amides is 1. The number of nitrogens with zero attached hydrogens (tertiary/aromatic N) is 1. The lowest BCUT2D eigenvalue weighted by molar-refractivity contribution is -0.113. The number of hydrogen-bond donors (Lipinski definition) is 0. The molecule has 0 saturated carbocycles. The zero-order chi connectivity index (χ0) is 13.7. The van der Waals surface area contributed by atoms with Crippen LogP contribution in [0.3, 0.4) is 0 Å². The molecule has 2 heteroatoms. The van der Waals surface area contributed by atoms with Crippen molar-refractivity contribution in [3.63, 3.8) is 0 Å². The summed E-state index contributed by atoms with van der Waals surface area (Å²) in [6.07, 6.45) is 3.42. The van der Waals surface area contributed by atoms with Crippen LogP contribution in [0.15, 0.2) is 60.7 Å². The first-order chi connectivity index (χ1) is 9.16. The summed E-state index contributed by atoms with van der Waals surface area (Å²) in [6.45, 7) is 2.03. The van der Waals surface area contributed by atoms with Crippen LogP contribution in [0.2, 0.25) is 0 Å². The molecule has 2 nitrogen and oxygen atoms in total. The molecule has 0 aliphatic carbocycles. The minimum Gasteiger partial charge on any atom is -0.312 e. The summed E-state index contributed by atoms with van der Waals surface area (Å²) in [5, 5.41) is 0. The molecule has 0 aromatic heterocycles. The number of anilines is 1. The molecule has 0 aliphatic rings. The SMILES string of the molecule is Cc1ccc(N(C)C(=O)/C=C/c2ccccc2)cc1. The molecule has 0 N–H and O–H groups in total. The van der Waals surface area contributed by atoms with Gasteiger partial charge in [0.25, 0.3) is 5.91 Å². The molecule has 19 heavy (non-hydrogen) atoms. The Labute approximate surface area is 114 Å². The van der Waals surface area contributed by atoms with E-state index in [0.717, 1.165) is 11.3 Å². The topological polar surface area (TPSA) is 20.3 Å².